The molecule has 0 unspecified atom stereocenters. The zero-order valence-corrected chi connectivity index (χ0v) is 12.4. The van der Waals surface area contributed by atoms with E-state index in [1.54, 1.807) is 6.07 Å². The molecule has 1 aliphatic heterocycles. The molecule has 1 saturated heterocycles. The lowest BCUT2D eigenvalue weighted by Gasteiger charge is -2.38. The number of likely N-dealkylation sites (tertiary alicyclic amines) is 1. The van der Waals surface area contributed by atoms with Crippen LogP contribution in [0.15, 0.2) is 18.5 Å². The predicted octanol–water partition coefficient (Wildman–Crippen LogP) is 3.18. The van der Waals surface area contributed by atoms with Gasteiger partial charge in [0.25, 0.3) is 0 Å². The molecule has 3 heterocycles. The van der Waals surface area contributed by atoms with Crippen molar-refractivity contribution in [2.45, 2.75) is 25.8 Å². The molecule has 3 rings (SSSR count). The van der Waals surface area contributed by atoms with E-state index >= 15 is 0 Å². The minimum absolute atomic E-state index is 0. The number of fused-ring (bicyclic) bond motifs is 1. The van der Waals surface area contributed by atoms with E-state index in [-0.39, 0.29) is 30.6 Å². The van der Waals surface area contributed by atoms with Crippen molar-refractivity contribution in [3.8, 4) is 0 Å². The molecule has 0 saturated carbocycles. The van der Waals surface area contributed by atoms with E-state index in [1.807, 2.05) is 6.20 Å². The third kappa shape index (κ3) is 3.19. The average Bonchev–Trinajstić information content (AvgIpc) is 2.70. The number of nitrogens with zero attached hydrogens (tertiary/aromatic N) is 2. The van der Waals surface area contributed by atoms with Crippen LogP contribution in [0.1, 0.15) is 18.9 Å². The highest BCUT2D eigenvalue weighted by Crippen LogP contribution is 2.21. The summed E-state index contributed by atoms with van der Waals surface area (Å²) in [5.74, 6) is -0.268. The third-order valence-electron chi connectivity index (χ3n) is 3.71. The Balaban J connectivity index is 0.000000902. The van der Waals surface area contributed by atoms with Gasteiger partial charge in [-0.3, -0.25) is 0 Å². The van der Waals surface area contributed by atoms with Gasteiger partial charge in [-0.05, 0) is 37.9 Å². The Bertz CT molecular complexity index is 544. The lowest BCUT2D eigenvalue weighted by Crippen LogP contribution is -2.46. The molecule has 6 heteroatoms. The summed E-state index contributed by atoms with van der Waals surface area (Å²) in [6.45, 7) is 4.49. The fourth-order valence-corrected chi connectivity index (χ4v) is 2.41. The first-order chi connectivity index (χ1) is 8.24. The van der Waals surface area contributed by atoms with Crippen molar-refractivity contribution < 1.29 is 4.39 Å². The van der Waals surface area contributed by atoms with E-state index in [4.69, 9.17) is 0 Å². The van der Waals surface area contributed by atoms with Gasteiger partial charge in [-0.25, -0.2) is 9.37 Å². The number of halogens is 3. The van der Waals surface area contributed by atoms with Gasteiger partial charge in [0, 0.05) is 24.2 Å². The Labute approximate surface area is 124 Å². The van der Waals surface area contributed by atoms with Gasteiger partial charge in [0.1, 0.15) is 11.5 Å². The number of nitrogens with one attached hydrogen (secondary N) is 1. The Hall–Kier alpha value is -0.840. The normalized spacial score (nSPS) is 18.5. The second-order valence-electron chi connectivity index (χ2n) is 4.79. The summed E-state index contributed by atoms with van der Waals surface area (Å²) in [6, 6.07) is 2.27. The van der Waals surface area contributed by atoms with Crippen molar-refractivity contribution >= 4 is 35.8 Å². The molecule has 2 aromatic rings. The summed E-state index contributed by atoms with van der Waals surface area (Å²) in [5.41, 5.74) is 1.93. The number of pyridine rings is 1. The first kappa shape index (κ1) is 16.2. The molecule has 0 spiro atoms. The highest BCUT2D eigenvalue weighted by atomic mass is 35.5. The number of aromatic amines is 1. The maximum atomic E-state index is 13.1. The Kier molecular flexibility index (Phi) is 5.59. The van der Waals surface area contributed by atoms with Crippen LogP contribution in [0, 0.1) is 5.82 Å². The number of hydrogen-bond acceptors (Lipinski definition) is 2. The van der Waals surface area contributed by atoms with Gasteiger partial charge in [-0.15, -0.1) is 24.8 Å². The van der Waals surface area contributed by atoms with Crippen molar-refractivity contribution in [1.29, 1.82) is 0 Å². The van der Waals surface area contributed by atoms with Crippen molar-refractivity contribution in [3.63, 3.8) is 0 Å². The van der Waals surface area contributed by atoms with E-state index in [9.17, 15) is 4.39 Å². The fraction of sp³-hybridized carbons (Fsp3) is 0.462. The molecule has 0 amide bonds. The molecule has 1 fully saturated rings. The zero-order chi connectivity index (χ0) is 11.8. The molecular formula is C13H18Cl2FN3. The van der Waals surface area contributed by atoms with E-state index < -0.39 is 0 Å². The highest BCUT2D eigenvalue weighted by Gasteiger charge is 2.22. The van der Waals surface area contributed by atoms with Crippen LogP contribution < -0.4 is 0 Å². The molecule has 0 bridgehead atoms. The molecule has 0 aliphatic carbocycles. The largest absolute Gasteiger partial charge is 0.346 e. The van der Waals surface area contributed by atoms with Crippen molar-refractivity contribution in [2.24, 2.45) is 0 Å². The van der Waals surface area contributed by atoms with E-state index in [2.05, 4.69) is 21.8 Å². The summed E-state index contributed by atoms with van der Waals surface area (Å²) in [5, 5.41) is 0.915. The standard InChI is InChI=1S/C13H16FN3.2ClH/c1-9-2-4-17(9)5-3-10-7-15-13-12(10)6-11(14)8-16-13;;/h6-9H,2-5H2,1H3,(H,15,16);2*1H/t9-;;/m1../s1. The van der Waals surface area contributed by atoms with Crippen LogP contribution >= 0.6 is 24.8 Å². The van der Waals surface area contributed by atoms with Gasteiger partial charge in [0.15, 0.2) is 0 Å². The van der Waals surface area contributed by atoms with Gasteiger partial charge in [-0.2, -0.15) is 0 Å². The van der Waals surface area contributed by atoms with E-state index in [0.717, 1.165) is 29.6 Å². The molecule has 1 N–H and O–H groups in total. The van der Waals surface area contributed by atoms with Crippen LogP contribution in [-0.4, -0.2) is 34.0 Å². The molecule has 2 aromatic heterocycles. The fourth-order valence-electron chi connectivity index (χ4n) is 2.41. The number of aromatic nitrogens is 2. The molecule has 19 heavy (non-hydrogen) atoms. The molecule has 3 nitrogen and oxygen atoms in total. The maximum Gasteiger partial charge on any atom is 0.142 e. The van der Waals surface area contributed by atoms with Crippen LogP contribution in [0.4, 0.5) is 4.39 Å². The predicted molar refractivity (Wildman–Crippen MR) is 79.9 cm³/mol. The quantitative estimate of drug-likeness (QED) is 0.944. The van der Waals surface area contributed by atoms with Gasteiger partial charge >= 0.3 is 0 Å². The summed E-state index contributed by atoms with van der Waals surface area (Å²) in [7, 11) is 0. The molecule has 1 aliphatic rings. The zero-order valence-electron chi connectivity index (χ0n) is 10.7. The monoisotopic (exact) mass is 305 g/mol. The molecular weight excluding hydrogens is 288 g/mol. The summed E-state index contributed by atoms with van der Waals surface area (Å²) in [4.78, 5) is 9.57. The molecule has 106 valence electrons. The Morgan fingerprint density at radius 1 is 1.47 bits per heavy atom. The van der Waals surface area contributed by atoms with Gasteiger partial charge in [0.05, 0.1) is 6.20 Å². The van der Waals surface area contributed by atoms with Gasteiger partial charge in [-0.1, -0.05) is 0 Å². The smallest absolute Gasteiger partial charge is 0.142 e. The first-order valence-corrected chi connectivity index (χ1v) is 6.09. The number of rotatable bonds is 3. The van der Waals surface area contributed by atoms with Crippen molar-refractivity contribution in [1.82, 2.24) is 14.9 Å². The topological polar surface area (TPSA) is 31.9 Å². The second kappa shape index (κ2) is 6.55. The molecule has 1 atom stereocenters. The van der Waals surface area contributed by atoms with Crippen LogP contribution in [0.25, 0.3) is 11.0 Å². The Morgan fingerprint density at radius 2 is 2.26 bits per heavy atom. The van der Waals surface area contributed by atoms with Crippen LogP contribution in [-0.2, 0) is 6.42 Å². The average molecular weight is 306 g/mol. The van der Waals surface area contributed by atoms with Crippen LogP contribution in [0.5, 0.6) is 0 Å². The van der Waals surface area contributed by atoms with Gasteiger partial charge < -0.3 is 9.88 Å². The minimum Gasteiger partial charge on any atom is -0.346 e. The highest BCUT2D eigenvalue weighted by molar-refractivity contribution is 5.85. The number of hydrogen-bond donors (Lipinski definition) is 1. The number of H-pyrrole nitrogens is 1. The van der Waals surface area contributed by atoms with Crippen molar-refractivity contribution in [3.05, 3.63) is 29.8 Å². The minimum atomic E-state index is -0.268. The van der Waals surface area contributed by atoms with Crippen LogP contribution in [0.2, 0.25) is 0 Å². The molecule has 0 aromatic carbocycles. The van der Waals surface area contributed by atoms with Gasteiger partial charge in [0.2, 0.25) is 0 Å². The summed E-state index contributed by atoms with van der Waals surface area (Å²) >= 11 is 0. The van der Waals surface area contributed by atoms with Crippen molar-refractivity contribution in [2.75, 3.05) is 13.1 Å². The van der Waals surface area contributed by atoms with Crippen LogP contribution in [0.3, 0.4) is 0 Å². The first-order valence-electron chi connectivity index (χ1n) is 6.09. The molecule has 0 radical (unpaired) electrons. The maximum absolute atomic E-state index is 13.1. The van der Waals surface area contributed by atoms with E-state index in [0.29, 0.717) is 6.04 Å². The second-order valence-corrected chi connectivity index (χ2v) is 4.79. The SMILES string of the molecule is C[C@@H]1CCN1CCc1c[nH]c2ncc(F)cc12.Cl.Cl. The third-order valence-corrected chi connectivity index (χ3v) is 3.71. The lowest BCUT2D eigenvalue weighted by atomic mass is 10.0. The Morgan fingerprint density at radius 3 is 2.89 bits per heavy atom. The summed E-state index contributed by atoms with van der Waals surface area (Å²) in [6.07, 6.45) is 5.45. The lowest BCUT2D eigenvalue weighted by molar-refractivity contribution is 0.107. The summed E-state index contributed by atoms with van der Waals surface area (Å²) < 4.78 is 13.1. The van der Waals surface area contributed by atoms with E-state index in [1.165, 1.54) is 19.2 Å².